The Morgan fingerprint density at radius 2 is 0.976 bits per heavy atom. The molecule has 2 aromatic heterocycles. The predicted molar refractivity (Wildman–Crippen MR) is 164 cm³/mol. The highest BCUT2D eigenvalue weighted by Crippen LogP contribution is 2.23. The van der Waals surface area contributed by atoms with Crippen LogP contribution in [0.4, 0.5) is 34.6 Å². The van der Waals surface area contributed by atoms with E-state index in [1.54, 1.807) is 0 Å². The van der Waals surface area contributed by atoms with Crippen LogP contribution in [-0.4, -0.2) is 35.3 Å². The van der Waals surface area contributed by atoms with E-state index in [0.717, 1.165) is 62.3 Å². The number of aryl methyl sites for hydroxylation is 4. The summed E-state index contributed by atoms with van der Waals surface area (Å²) in [5.41, 5.74) is 4.16. The molecular formula is C31H44N10+2. The van der Waals surface area contributed by atoms with Crippen LogP contribution in [0, 0.1) is 0 Å². The molecule has 0 bridgehead atoms. The average Bonchev–Trinajstić information content (AvgIpc) is 3.49. The third kappa shape index (κ3) is 7.87. The molecule has 0 atom stereocenters. The van der Waals surface area contributed by atoms with Crippen LogP contribution in [0.3, 0.4) is 0 Å². The molecule has 41 heavy (non-hydrogen) atoms. The van der Waals surface area contributed by atoms with Crippen molar-refractivity contribution in [1.82, 2.24) is 9.13 Å². The van der Waals surface area contributed by atoms with E-state index in [1.807, 2.05) is 95.5 Å². The minimum Gasteiger partial charge on any atom is -0.372 e. The molecule has 0 unspecified atom stereocenters. The van der Waals surface area contributed by atoms with Crippen LogP contribution >= 0.6 is 0 Å². The fraction of sp³-hybridized carbons (Fsp3) is 0.419. The summed E-state index contributed by atoms with van der Waals surface area (Å²) in [4.78, 5) is 4.86. The maximum absolute atomic E-state index is 4.41. The quantitative estimate of drug-likeness (QED) is 0.103. The first kappa shape index (κ1) is 29.6. The Kier molecular flexibility index (Phi) is 10.4. The van der Waals surface area contributed by atoms with Crippen LogP contribution in [0.1, 0.15) is 33.1 Å². The van der Waals surface area contributed by atoms with Gasteiger partial charge in [0.15, 0.2) is 0 Å². The summed E-state index contributed by atoms with van der Waals surface area (Å²) in [6, 6.07) is 16.7. The zero-order valence-corrected chi connectivity index (χ0v) is 25.4. The zero-order chi connectivity index (χ0) is 29.2. The molecule has 10 nitrogen and oxygen atoms in total. The molecule has 0 saturated heterocycles. The fourth-order valence-corrected chi connectivity index (χ4v) is 4.83. The van der Waals surface area contributed by atoms with E-state index in [9.17, 15) is 0 Å². The van der Waals surface area contributed by atoms with E-state index in [1.165, 1.54) is 17.8 Å². The van der Waals surface area contributed by atoms with Crippen molar-refractivity contribution in [2.24, 2.45) is 48.6 Å². The van der Waals surface area contributed by atoms with Crippen molar-refractivity contribution < 1.29 is 9.13 Å². The molecule has 0 radical (unpaired) electrons. The number of hydrogen-bond acceptors (Lipinski definition) is 6. The minimum atomic E-state index is 0.808. The lowest BCUT2D eigenvalue weighted by atomic mass is 10.2. The topological polar surface area (TPSA) is 73.5 Å². The highest BCUT2D eigenvalue weighted by atomic mass is 15.3. The van der Waals surface area contributed by atoms with Gasteiger partial charge in [0.25, 0.3) is 0 Å². The van der Waals surface area contributed by atoms with Gasteiger partial charge in [0, 0.05) is 47.8 Å². The third-order valence-electron chi connectivity index (χ3n) is 7.35. The van der Waals surface area contributed by atoms with E-state index in [2.05, 4.69) is 68.4 Å². The molecule has 4 rings (SSSR count). The number of nitrogens with zero attached hydrogens (tertiary/aromatic N) is 10. The van der Waals surface area contributed by atoms with Crippen molar-refractivity contribution in [3.63, 3.8) is 0 Å². The maximum atomic E-state index is 4.41. The first-order valence-corrected chi connectivity index (χ1v) is 14.4. The molecule has 0 amide bonds. The molecule has 0 N–H and O–H groups in total. The Hall–Kier alpha value is -4.34. The Balaban J connectivity index is 1.22. The van der Waals surface area contributed by atoms with Crippen LogP contribution in [0.25, 0.3) is 0 Å². The summed E-state index contributed by atoms with van der Waals surface area (Å²) in [5, 5.41) is 17.6. The third-order valence-corrected chi connectivity index (χ3v) is 7.35. The predicted octanol–water partition coefficient (Wildman–Crippen LogP) is 6.37. The highest BCUT2D eigenvalue weighted by molar-refractivity contribution is 5.53. The first-order chi connectivity index (χ1) is 19.9. The van der Waals surface area contributed by atoms with E-state index >= 15 is 0 Å². The van der Waals surface area contributed by atoms with Gasteiger partial charge in [-0.05, 0) is 81.6 Å². The van der Waals surface area contributed by atoms with Crippen molar-refractivity contribution in [3.8, 4) is 0 Å². The van der Waals surface area contributed by atoms with Crippen LogP contribution in [0.5, 0.6) is 0 Å². The number of hydrogen-bond donors (Lipinski definition) is 0. The molecule has 4 aromatic rings. The summed E-state index contributed by atoms with van der Waals surface area (Å²) < 4.78 is 7.81. The molecule has 2 heterocycles. The van der Waals surface area contributed by atoms with Gasteiger partial charge in [0.2, 0.25) is 0 Å². The van der Waals surface area contributed by atoms with E-state index in [-0.39, 0.29) is 0 Å². The Morgan fingerprint density at radius 1 is 0.585 bits per heavy atom. The maximum Gasteiger partial charge on any atom is 0.421 e. The second kappa shape index (κ2) is 14.3. The van der Waals surface area contributed by atoms with Crippen molar-refractivity contribution >= 4 is 34.6 Å². The average molecular weight is 557 g/mol. The van der Waals surface area contributed by atoms with Crippen LogP contribution in [0.15, 0.2) is 93.8 Å². The molecule has 0 aliphatic carbocycles. The molecule has 0 fully saturated rings. The van der Waals surface area contributed by atoms with Gasteiger partial charge in [-0.1, -0.05) is 10.2 Å². The van der Waals surface area contributed by atoms with Gasteiger partial charge in [-0.25, -0.2) is 18.3 Å². The summed E-state index contributed by atoms with van der Waals surface area (Å²) in [6.45, 7) is 8.47. The monoisotopic (exact) mass is 556 g/mol. The number of anilines is 2. The molecule has 0 spiro atoms. The summed E-state index contributed by atoms with van der Waals surface area (Å²) in [5.74, 6) is 1.62. The van der Waals surface area contributed by atoms with Gasteiger partial charge in [-0.15, -0.1) is 0 Å². The van der Waals surface area contributed by atoms with Gasteiger partial charge in [-0.2, -0.15) is 0 Å². The highest BCUT2D eigenvalue weighted by Gasteiger charge is 2.12. The standard InChI is InChI=1S/C31H44N10/c1-7-40(28-16-12-26(13-17-28)32-34-30-36(3)22-23-37(30)4)20-10-9-11-21-41(8-2)29-18-14-27(15-19-29)33-35-31-38(5)24-25-39(31)6/h12-19,22-25H,7-11,20-21H2,1-6H3/q+2. The van der Waals surface area contributed by atoms with Gasteiger partial charge in [0.1, 0.15) is 11.4 Å². The summed E-state index contributed by atoms with van der Waals surface area (Å²) >= 11 is 0. The fourth-order valence-electron chi connectivity index (χ4n) is 4.83. The lowest BCUT2D eigenvalue weighted by Crippen LogP contribution is -2.25. The molecule has 216 valence electrons. The summed E-state index contributed by atoms with van der Waals surface area (Å²) in [7, 11) is 7.87. The minimum absolute atomic E-state index is 0.808. The van der Waals surface area contributed by atoms with Crippen molar-refractivity contribution in [3.05, 3.63) is 73.3 Å². The van der Waals surface area contributed by atoms with Crippen LogP contribution in [0.2, 0.25) is 0 Å². The molecular weight excluding hydrogens is 512 g/mol. The molecule has 0 aliphatic heterocycles. The van der Waals surface area contributed by atoms with E-state index in [0.29, 0.717) is 0 Å². The Bertz CT molecular complexity index is 1280. The van der Waals surface area contributed by atoms with Gasteiger partial charge in [0.05, 0.1) is 53.0 Å². The van der Waals surface area contributed by atoms with Gasteiger partial charge < -0.3 is 9.80 Å². The largest absolute Gasteiger partial charge is 0.421 e. The molecule has 2 aromatic carbocycles. The van der Waals surface area contributed by atoms with Crippen LogP contribution in [-0.2, 0) is 28.2 Å². The summed E-state index contributed by atoms with van der Waals surface area (Å²) in [6.07, 6.45) is 11.4. The van der Waals surface area contributed by atoms with Crippen molar-refractivity contribution in [2.45, 2.75) is 33.1 Å². The number of benzene rings is 2. The molecule has 0 saturated carbocycles. The van der Waals surface area contributed by atoms with E-state index in [4.69, 9.17) is 0 Å². The SMILES string of the molecule is CCN(CCCCCN(CC)c1ccc(N=Nc2n(C)cc[n+]2C)cc1)c1ccc(N=Nc2n(C)cc[n+]2C)cc1. The number of aromatic nitrogens is 4. The Morgan fingerprint density at radius 3 is 1.29 bits per heavy atom. The number of imidazole rings is 2. The second-order valence-electron chi connectivity index (χ2n) is 10.3. The number of rotatable bonds is 14. The lowest BCUT2D eigenvalue weighted by Gasteiger charge is -2.25. The first-order valence-electron chi connectivity index (χ1n) is 14.4. The van der Waals surface area contributed by atoms with E-state index < -0.39 is 0 Å². The van der Waals surface area contributed by atoms with Crippen LogP contribution < -0.4 is 18.9 Å². The van der Waals surface area contributed by atoms with Crippen molar-refractivity contribution in [1.29, 1.82) is 0 Å². The normalized spacial score (nSPS) is 11.7. The Labute approximate surface area is 243 Å². The van der Waals surface area contributed by atoms with Gasteiger partial charge in [-0.3, -0.25) is 0 Å². The number of azo groups is 2. The molecule has 10 heteroatoms. The zero-order valence-electron chi connectivity index (χ0n) is 25.4. The van der Waals surface area contributed by atoms with Gasteiger partial charge >= 0.3 is 11.9 Å². The number of unbranched alkanes of at least 4 members (excludes halogenated alkanes) is 2. The van der Waals surface area contributed by atoms with Crippen molar-refractivity contribution in [2.75, 3.05) is 36.0 Å². The smallest absolute Gasteiger partial charge is 0.372 e. The molecule has 0 aliphatic rings. The second-order valence-corrected chi connectivity index (χ2v) is 10.3. The lowest BCUT2D eigenvalue weighted by molar-refractivity contribution is -0.657.